The van der Waals surface area contributed by atoms with Gasteiger partial charge in [-0.05, 0) is 128 Å². The zero-order valence-corrected chi connectivity index (χ0v) is 44.2. The predicted molar refractivity (Wildman–Crippen MR) is 239 cm³/mol. The van der Waals surface area contributed by atoms with Crippen LogP contribution in [-0.2, 0) is 35.6 Å². The molecule has 1 aliphatic rings. The lowest BCUT2D eigenvalue weighted by molar-refractivity contribution is -0.386. The Labute approximate surface area is 353 Å². The first-order valence-corrected chi connectivity index (χ1v) is 38.3. The Kier molecular flexibility index (Phi) is 18.4. The van der Waals surface area contributed by atoms with Gasteiger partial charge in [0.15, 0.2) is 44.8 Å². The summed E-state index contributed by atoms with van der Waals surface area (Å²) in [5.41, 5.74) is 0.574. The van der Waals surface area contributed by atoms with Gasteiger partial charge in [-0.3, -0.25) is 24.5 Å². The normalized spacial score (nSPS) is 15.3. The molecule has 0 radical (unpaired) electrons. The lowest BCUT2D eigenvalue weighted by Crippen LogP contribution is -2.53. The first-order chi connectivity index (χ1) is 26.3. The van der Waals surface area contributed by atoms with E-state index in [1.54, 1.807) is 0 Å². The van der Waals surface area contributed by atoms with Gasteiger partial charge in [-0.25, -0.2) is 4.79 Å². The molecule has 21 heteroatoms. The number of rotatable bonds is 24. The van der Waals surface area contributed by atoms with Gasteiger partial charge in [-0.2, -0.15) is 0 Å². The van der Waals surface area contributed by atoms with E-state index in [2.05, 4.69) is 106 Å². The average molecular weight is 921 g/mol. The van der Waals surface area contributed by atoms with Crippen molar-refractivity contribution >= 4 is 74.0 Å². The lowest BCUT2D eigenvalue weighted by atomic mass is 10.1. The summed E-state index contributed by atoms with van der Waals surface area (Å²) in [7, 11) is -13.0. The average Bonchev–Trinajstić information content (AvgIpc) is 3.34. The van der Waals surface area contributed by atoms with Crippen LogP contribution in [0.2, 0.25) is 102 Å². The van der Waals surface area contributed by atoms with Crippen molar-refractivity contribution in [1.82, 2.24) is 5.06 Å². The highest BCUT2D eigenvalue weighted by Gasteiger charge is 2.42. The Morgan fingerprint density at radius 2 is 1.09 bits per heavy atom. The van der Waals surface area contributed by atoms with Crippen molar-refractivity contribution in [3.8, 4) is 11.5 Å². The molecule has 2 rings (SSSR count). The van der Waals surface area contributed by atoms with Gasteiger partial charge in [0.2, 0.25) is 0 Å². The van der Waals surface area contributed by atoms with Crippen molar-refractivity contribution < 1.29 is 54.8 Å². The first-order valence-electron chi connectivity index (χ1n) is 20.4. The van der Waals surface area contributed by atoms with E-state index < -0.39 is 79.4 Å². The highest BCUT2D eigenvalue weighted by Crippen LogP contribution is 2.40. The van der Waals surface area contributed by atoms with Gasteiger partial charge in [0.1, 0.15) is 6.10 Å². The van der Waals surface area contributed by atoms with E-state index in [4.69, 9.17) is 35.5 Å². The van der Waals surface area contributed by atoms with Gasteiger partial charge in [-0.1, -0.05) is 32.8 Å². The Balaban J connectivity index is 2.28. The number of hydroxylamine groups is 2. The Bertz CT molecular complexity index is 1590. The molecular weight excluding hydrogens is 849 g/mol. The predicted octanol–water partition coefficient (Wildman–Crippen LogP) is 10.5. The molecule has 1 fully saturated rings. The molecule has 1 heterocycles. The number of nitrogens with zero attached hydrogens (tertiary/aromatic N) is 2. The minimum absolute atomic E-state index is 0.0187. The van der Waals surface area contributed by atoms with Crippen LogP contribution < -0.4 is 9.47 Å². The summed E-state index contributed by atoms with van der Waals surface area (Å²) in [4.78, 5) is 53.2. The van der Waals surface area contributed by atoms with E-state index >= 15 is 0 Å². The quantitative estimate of drug-likeness (QED) is 0.0240. The molecular formula is C37H72N2O13Si6. The van der Waals surface area contributed by atoms with E-state index in [0.717, 1.165) is 12.1 Å². The van der Waals surface area contributed by atoms with E-state index in [1.165, 1.54) is 19.1 Å². The maximum absolute atomic E-state index is 12.6. The molecule has 1 saturated heterocycles. The van der Waals surface area contributed by atoms with Crippen molar-refractivity contribution in [2.45, 2.75) is 168 Å². The Morgan fingerprint density at radius 3 is 1.47 bits per heavy atom. The monoisotopic (exact) mass is 920 g/mol. The second-order valence-electron chi connectivity index (χ2n) is 18.9. The highest BCUT2D eigenvalue weighted by molar-refractivity contribution is 6.89. The van der Waals surface area contributed by atoms with E-state index in [0.29, 0.717) is 29.0 Å². The number of nitro benzene ring substituents is 1. The van der Waals surface area contributed by atoms with Crippen LogP contribution in [0.5, 0.6) is 11.5 Å². The van der Waals surface area contributed by atoms with Crippen LogP contribution in [0.15, 0.2) is 12.1 Å². The smallest absolute Gasteiger partial charge is 0.490 e. The molecule has 1 unspecified atom stereocenters. The standard InChI is InChI=1S/C37H72N2O13Si6/c1-28(2)55(10,11)51-57(14,15)49-53(6,7)24-18-22-45-33-26-31(30(5)47-37(42)48-38-35(40)20-21-36(38)41)32(39(43)44)27-34(33)46-23-19-25-54(8,9)50-58(16,17)52-56(12,13)29(3)4/h26-30H,18-25H2,1-17H3. The molecule has 1 aromatic rings. The summed E-state index contributed by atoms with van der Waals surface area (Å²) < 4.78 is 44.7. The molecule has 0 N–H and O–H groups in total. The second kappa shape index (κ2) is 20.6. The summed E-state index contributed by atoms with van der Waals surface area (Å²) in [5.74, 6) is -0.935. The molecule has 15 nitrogen and oxygen atoms in total. The molecule has 2 amide bonds. The van der Waals surface area contributed by atoms with Crippen molar-refractivity contribution in [1.29, 1.82) is 0 Å². The maximum Gasteiger partial charge on any atom is 0.534 e. The maximum atomic E-state index is 12.6. The largest absolute Gasteiger partial charge is 0.534 e. The van der Waals surface area contributed by atoms with E-state index in [1.807, 2.05) is 0 Å². The number of carbonyl (C=O) groups is 3. The fourth-order valence-electron chi connectivity index (χ4n) is 6.57. The van der Waals surface area contributed by atoms with Gasteiger partial charge in [0.05, 0.1) is 29.8 Å². The van der Waals surface area contributed by atoms with Crippen LogP contribution in [0, 0.1) is 10.1 Å². The second-order valence-corrected chi connectivity index (χ2v) is 44.6. The van der Waals surface area contributed by atoms with Crippen molar-refractivity contribution in [3.05, 3.63) is 27.8 Å². The SMILES string of the molecule is CC(OC(=O)ON1C(=O)CCC1=O)c1cc(OCCC[Si](C)(C)O[Si](C)(C)O[Si](C)(C)C(C)C)c(OCCC[Si](C)(C)O[Si](C)(C)O[Si](C)(C)C(C)C)cc1[N+](=O)[O-]. The van der Waals surface area contributed by atoms with Crippen LogP contribution in [0.25, 0.3) is 0 Å². The molecule has 1 atom stereocenters. The zero-order valence-electron chi connectivity index (χ0n) is 38.2. The number of imide groups is 1. The topological polar surface area (TPSA) is 171 Å². The highest BCUT2D eigenvalue weighted by atomic mass is 28.5. The molecule has 0 aliphatic carbocycles. The summed E-state index contributed by atoms with van der Waals surface area (Å²) in [5, 5.41) is 12.7. The molecule has 332 valence electrons. The van der Waals surface area contributed by atoms with E-state index in [9.17, 15) is 24.5 Å². The third kappa shape index (κ3) is 16.7. The molecule has 0 aromatic heterocycles. The third-order valence-corrected chi connectivity index (χ3v) is 35.5. The van der Waals surface area contributed by atoms with Crippen LogP contribution in [0.1, 0.15) is 72.0 Å². The van der Waals surface area contributed by atoms with Crippen molar-refractivity contribution in [3.63, 3.8) is 0 Å². The third-order valence-electron chi connectivity index (χ3n) is 10.4. The Hall–Kier alpha value is -2.23. The lowest BCUT2D eigenvalue weighted by Gasteiger charge is -2.40. The molecule has 0 spiro atoms. The molecule has 58 heavy (non-hydrogen) atoms. The van der Waals surface area contributed by atoms with Crippen molar-refractivity contribution in [2.24, 2.45) is 0 Å². The fraction of sp³-hybridized carbons (Fsp3) is 0.757. The number of ether oxygens (including phenoxy) is 3. The summed E-state index contributed by atoms with van der Waals surface area (Å²) in [6.07, 6.45) is -1.47. The van der Waals surface area contributed by atoms with Crippen LogP contribution >= 0.6 is 0 Å². The molecule has 1 aromatic carbocycles. The first kappa shape index (κ1) is 51.9. The minimum atomic E-state index is -2.40. The molecule has 0 saturated carbocycles. The number of hydrogen-bond donors (Lipinski definition) is 0. The van der Waals surface area contributed by atoms with Crippen LogP contribution in [0.3, 0.4) is 0 Å². The molecule has 0 bridgehead atoms. The van der Waals surface area contributed by atoms with Gasteiger partial charge >= 0.3 is 23.3 Å². The van der Waals surface area contributed by atoms with Gasteiger partial charge in [0, 0.05) is 12.8 Å². The van der Waals surface area contributed by atoms with Gasteiger partial charge < -0.3 is 30.7 Å². The number of benzene rings is 1. The van der Waals surface area contributed by atoms with E-state index in [-0.39, 0.29) is 48.8 Å². The number of nitro groups is 1. The number of amides is 2. The van der Waals surface area contributed by atoms with Crippen molar-refractivity contribution in [2.75, 3.05) is 13.2 Å². The Morgan fingerprint density at radius 1 is 0.690 bits per heavy atom. The molecule has 1 aliphatic heterocycles. The van der Waals surface area contributed by atoms with Gasteiger partial charge in [-0.15, -0.1) is 0 Å². The fourth-order valence-corrected chi connectivity index (χ4v) is 33.1. The summed E-state index contributed by atoms with van der Waals surface area (Å²) in [6.45, 7) is 36.8. The van der Waals surface area contributed by atoms with Crippen LogP contribution in [0.4, 0.5) is 10.5 Å². The zero-order chi connectivity index (χ0) is 44.7. The van der Waals surface area contributed by atoms with Crippen LogP contribution in [-0.4, -0.2) is 91.6 Å². The minimum Gasteiger partial charge on any atom is -0.490 e. The van der Waals surface area contributed by atoms with Gasteiger partial charge in [0.25, 0.3) is 17.5 Å². The summed E-state index contributed by atoms with van der Waals surface area (Å²) in [6, 6.07) is 4.28. The number of carbonyl (C=O) groups excluding carboxylic acids is 3. The number of hydrogen-bond acceptors (Lipinski definition) is 13. The summed E-state index contributed by atoms with van der Waals surface area (Å²) >= 11 is 0.